The highest BCUT2D eigenvalue weighted by molar-refractivity contribution is 6.32. The summed E-state index contributed by atoms with van der Waals surface area (Å²) in [5, 5.41) is 1.26. The van der Waals surface area contributed by atoms with E-state index < -0.39 is 0 Å². The lowest BCUT2D eigenvalue weighted by atomic mass is 9.68. The molecule has 110 valence electrons. The zero-order valence-corrected chi connectivity index (χ0v) is 13.4. The molecule has 2 nitrogen and oxygen atoms in total. The van der Waals surface area contributed by atoms with Crippen LogP contribution >= 0.6 is 23.2 Å². The fourth-order valence-electron chi connectivity index (χ4n) is 3.77. The van der Waals surface area contributed by atoms with Crippen molar-refractivity contribution < 1.29 is 0 Å². The smallest absolute Gasteiger partial charge is 0.129 e. The standard InChI is InChI=1S/C16H22Cl2N2/c17-13-4-5-15(18)19-14(13)12-20-10-8-16(9-11-20)6-2-1-3-7-16/h4-5H,1-3,6-12H2. The van der Waals surface area contributed by atoms with Crippen LogP contribution in [0.3, 0.4) is 0 Å². The van der Waals surface area contributed by atoms with E-state index in [9.17, 15) is 0 Å². The molecule has 2 fully saturated rings. The number of piperidine rings is 1. The Morgan fingerprint density at radius 1 is 1.00 bits per heavy atom. The molecule has 3 rings (SSSR count). The van der Waals surface area contributed by atoms with Crippen LogP contribution in [0.25, 0.3) is 0 Å². The molecule has 0 unspecified atom stereocenters. The fourth-order valence-corrected chi connectivity index (χ4v) is 4.10. The zero-order chi connectivity index (χ0) is 14.0. The van der Waals surface area contributed by atoms with Crippen molar-refractivity contribution >= 4 is 23.2 Å². The average Bonchev–Trinajstić information content (AvgIpc) is 2.47. The minimum absolute atomic E-state index is 0.533. The van der Waals surface area contributed by atoms with Crippen LogP contribution < -0.4 is 0 Å². The molecule has 1 saturated heterocycles. The molecule has 0 atom stereocenters. The summed E-state index contributed by atoms with van der Waals surface area (Å²) in [6, 6.07) is 3.60. The predicted molar refractivity (Wildman–Crippen MR) is 84.3 cm³/mol. The van der Waals surface area contributed by atoms with Crippen molar-refractivity contribution in [1.29, 1.82) is 0 Å². The maximum Gasteiger partial charge on any atom is 0.129 e. The Labute approximate surface area is 131 Å². The van der Waals surface area contributed by atoms with Crippen molar-refractivity contribution in [2.24, 2.45) is 5.41 Å². The second-order valence-corrected chi connectivity index (χ2v) is 7.19. The quantitative estimate of drug-likeness (QED) is 0.719. The molecule has 0 N–H and O–H groups in total. The minimum Gasteiger partial charge on any atom is -0.297 e. The first-order valence-corrected chi connectivity index (χ1v) is 8.46. The monoisotopic (exact) mass is 312 g/mol. The Morgan fingerprint density at radius 2 is 1.70 bits per heavy atom. The molecule has 1 aliphatic carbocycles. The molecule has 0 radical (unpaired) electrons. The summed E-state index contributed by atoms with van der Waals surface area (Å²) in [6.45, 7) is 3.17. The van der Waals surface area contributed by atoms with E-state index >= 15 is 0 Å². The van der Waals surface area contributed by atoms with Gasteiger partial charge in [-0.15, -0.1) is 0 Å². The van der Waals surface area contributed by atoms with Crippen molar-refractivity contribution in [2.45, 2.75) is 51.5 Å². The van der Waals surface area contributed by atoms with Crippen molar-refractivity contribution in [1.82, 2.24) is 9.88 Å². The summed E-state index contributed by atoms with van der Waals surface area (Å²) in [7, 11) is 0. The van der Waals surface area contributed by atoms with Gasteiger partial charge in [0.15, 0.2) is 0 Å². The second kappa shape index (κ2) is 6.21. The van der Waals surface area contributed by atoms with E-state index in [4.69, 9.17) is 23.2 Å². The molecule has 0 bridgehead atoms. The lowest BCUT2D eigenvalue weighted by Crippen LogP contribution is -2.40. The van der Waals surface area contributed by atoms with Gasteiger partial charge in [0.05, 0.1) is 10.7 Å². The van der Waals surface area contributed by atoms with Gasteiger partial charge in [-0.05, 0) is 56.3 Å². The van der Waals surface area contributed by atoms with Gasteiger partial charge in [-0.1, -0.05) is 42.5 Å². The highest BCUT2D eigenvalue weighted by atomic mass is 35.5. The predicted octanol–water partition coefficient (Wildman–Crippen LogP) is 4.93. The first-order valence-electron chi connectivity index (χ1n) is 7.70. The van der Waals surface area contributed by atoms with Gasteiger partial charge < -0.3 is 0 Å². The van der Waals surface area contributed by atoms with Gasteiger partial charge in [-0.25, -0.2) is 4.98 Å². The van der Waals surface area contributed by atoms with Crippen LogP contribution in [0.15, 0.2) is 12.1 Å². The molecule has 4 heteroatoms. The van der Waals surface area contributed by atoms with Gasteiger partial charge >= 0.3 is 0 Å². The first-order chi connectivity index (χ1) is 9.67. The maximum absolute atomic E-state index is 6.21. The topological polar surface area (TPSA) is 16.1 Å². The Balaban J connectivity index is 1.59. The number of aromatic nitrogens is 1. The largest absolute Gasteiger partial charge is 0.297 e. The van der Waals surface area contributed by atoms with Gasteiger partial charge in [0.1, 0.15) is 5.15 Å². The van der Waals surface area contributed by atoms with E-state index in [1.54, 1.807) is 6.07 Å². The summed E-state index contributed by atoms with van der Waals surface area (Å²) >= 11 is 12.2. The molecule has 1 aromatic rings. The van der Waals surface area contributed by atoms with Gasteiger partial charge in [0.25, 0.3) is 0 Å². The zero-order valence-electron chi connectivity index (χ0n) is 11.9. The van der Waals surface area contributed by atoms with E-state index in [0.29, 0.717) is 10.6 Å². The summed E-state index contributed by atoms with van der Waals surface area (Å²) in [5.41, 5.74) is 1.57. The number of halogens is 2. The Bertz CT molecular complexity index is 460. The van der Waals surface area contributed by atoms with Crippen LogP contribution in [0.4, 0.5) is 0 Å². The van der Waals surface area contributed by atoms with E-state index in [1.165, 1.54) is 58.0 Å². The van der Waals surface area contributed by atoms with Crippen molar-refractivity contribution in [3.63, 3.8) is 0 Å². The number of pyridine rings is 1. The molecule has 1 aliphatic heterocycles. The second-order valence-electron chi connectivity index (χ2n) is 6.40. The number of rotatable bonds is 2. The SMILES string of the molecule is Clc1ccc(Cl)c(CN2CCC3(CCCCC3)CC2)n1. The molecular formula is C16H22Cl2N2. The third-order valence-corrected chi connectivity index (χ3v) is 5.64. The van der Waals surface area contributed by atoms with Crippen molar-refractivity contribution in [3.05, 3.63) is 28.0 Å². The Kier molecular flexibility index (Phi) is 4.54. The third-order valence-electron chi connectivity index (χ3n) is 5.09. The van der Waals surface area contributed by atoms with Crippen LogP contribution in [-0.2, 0) is 6.54 Å². The minimum atomic E-state index is 0.533. The number of hydrogen-bond acceptors (Lipinski definition) is 2. The number of hydrogen-bond donors (Lipinski definition) is 0. The summed E-state index contributed by atoms with van der Waals surface area (Å²) in [5.74, 6) is 0. The van der Waals surface area contributed by atoms with Gasteiger partial charge in [0.2, 0.25) is 0 Å². The highest BCUT2D eigenvalue weighted by Gasteiger charge is 2.35. The van der Waals surface area contributed by atoms with Gasteiger partial charge in [0, 0.05) is 6.54 Å². The summed E-state index contributed by atoms with van der Waals surface area (Å²) in [4.78, 5) is 6.84. The van der Waals surface area contributed by atoms with Crippen molar-refractivity contribution in [2.75, 3.05) is 13.1 Å². The number of likely N-dealkylation sites (tertiary alicyclic amines) is 1. The van der Waals surface area contributed by atoms with Crippen LogP contribution in [0.5, 0.6) is 0 Å². The molecule has 2 heterocycles. The van der Waals surface area contributed by atoms with Crippen LogP contribution in [0.1, 0.15) is 50.6 Å². The van der Waals surface area contributed by atoms with Crippen LogP contribution in [0, 0.1) is 5.41 Å². The van der Waals surface area contributed by atoms with Gasteiger partial charge in [-0.3, -0.25) is 4.90 Å². The van der Waals surface area contributed by atoms with Crippen LogP contribution in [-0.4, -0.2) is 23.0 Å². The highest BCUT2D eigenvalue weighted by Crippen LogP contribution is 2.44. The lowest BCUT2D eigenvalue weighted by molar-refractivity contribution is 0.0635. The Morgan fingerprint density at radius 3 is 2.40 bits per heavy atom. The normalized spacial score (nSPS) is 23.1. The molecule has 0 amide bonds. The maximum atomic E-state index is 6.21. The van der Waals surface area contributed by atoms with Crippen LogP contribution in [0.2, 0.25) is 10.2 Å². The molecular weight excluding hydrogens is 291 g/mol. The molecule has 1 aromatic heterocycles. The third kappa shape index (κ3) is 3.29. The van der Waals surface area contributed by atoms with Crippen molar-refractivity contribution in [3.8, 4) is 0 Å². The van der Waals surface area contributed by atoms with E-state index in [-0.39, 0.29) is 0 Å². The molecule has 1 spiro atoms. The molecule has 0 aromatic carbocycles. The lowest BCUT2D eigenvalue weighted by Gasteiger charge is -2.44. The molecule has 2 aliphatic rings. The summed E-state index contributed by atoms with van der Waals surface area (Å²) < 4.78 is 0. The van der Waals surface area contributed by atoms with E-state index in [2.05, 4.69) is 9.88 Å². The Hall–Kier alpha value is -0.310. The number of nitrogens with zero attached hydrogens (tertiary/aromatic N) is 2. The first kappa shape index (κ1) is 14.6. The molecule has 1 saturated carbocycles. The van der Waals surface area contributed by atoms with E-state index in [1.807, 2.05) is 6.07 Å². The van der Waals surface area contributed by atoms with Gasteiger partial charge in [-0.2, -0.15) is 0 Å². The fraction of sp³-hybridized carbons (Fsp3) is 0.688. The molecule has 20 heavy (non-hydrogen) atoms. The average molecular weight is 313 g/mol. The van der Waals surface area contributed by atoms with E-state index in [0.717, 1.165) is 17.3 Å². The summed E-state index contributed by atoms with van der Waals surface area (Å²) in [6.07, 6.45) is 9.86.